The van der Waals surface area contributed by atoms with E-state index in [-0.39, 0.29) is 28.8 Å². The molecule has 3 rings (SSSR count). The molecule has 0 saturated carbocycles. The van der Waals surface area contributed by atoms with Crippen molar-refractivity contribution in [2.75, 3.05) is 26.2 Å². The Morgan fingerprint density at radius 1 is 1.00 bits per heavy atom. The fraction of sp³-hybridized carbons (Fsp3) is 0.250. The fourth-order valence-corrected chi connectivity index (χ4v) is 4.30. The van der Waals surface area contributed by atoms with Crippen molar-refractivity contribution in [2.24, 2.45) is 0 Å². The highest BCUT2D eigenvalue weighted by molar-refractivity contribution is 7.89. The van der Waals surface area contributed by atoms with Crippen LogP contribution in [0, 0.1) is 15.9 Å². The Morgan fingerprint density at radius 2 is 1.54 bits per heavy atom. The number of piperazine rings is 1. The first kappa shape index (κ1) is 20.2. The standard InChI is InChI=1S/C16H16FN3O4S.ClH/c17-13-1-3-14(4-2-13)18-9-11-19(12-10-18)25(23,24)16-7-5-15(6-8-16)20(21)22;/h1-8H,9-12H2;1H. The molecule has 0 aliphatic carbocycles. The van der Waals surface area contributed by atoms with Crippen molar-refractivity contribution >= 4 is 21.4 Å². The molecule has 1 saturated heterocycles. The van der Waals surface area contributed by atoms with Crippen LogP contribution in [0.25, 0.3) is 0 Å². The Bertz CT molecular complexity index is 867. The number of nitro benzene ring substituents is 1. The number of hydrogen-bond acceptors (Lipinski definition) is 4. The summed E-state index contributed by atoms with van der Waals surface area (Å²) in [6.07, 6.45) is 0. The molecule has 7 nitrogen and oxygen atoms in total. The van der Waals surface area contributed by atoms with Crippen molar-refractivity contribution < 1.29 is 35.0 Å². The molecule has 1 aliphatic heterocycles. The average molecular weight is 402 g/mol. The second kappa shape index (κ2) is 8.09. The summed E-state index contributed by atoms with van der Waals surface area (Å²) in [4.78, 5) is 11.2. The maximum atomic E-state index is 13.0. The summed E-state index contributed by atoms with van der Waals surface area (Å²) in [5.74, 6) is -0.303. The molecule has 0 unspecified atom stereocenters. The first-order valence-corrected chi connectivity index (χ1v) is 9.17. The topological polar surface area (TPSA) is 85.0 Å². The molecule has 1 aliphatic rings. The molecule has 0 aromatic heterocycles. The van der Waals surface area contributed by atoms with Crippen molar-refractivity contribution in [3.05, 3.63) is 64.5 Å². The Hall–Kier alpha value is -2.07. The summed E-state index contributed by atoms with van der Waals surface area (Å²) >= 11 is 0. The summed E-state index contributed by atoms with van der Waals surface area (Å²) in [5.41, 5.74) is 0.776. The van der Waals surface area contributed by atoms with Crippen molar-refractivity contribution in [3.8, 4) is 0 Å². The number of nitrogens with one attached hydrogen (secondary N) is 1. The van der Waals surface area contributed by atoms with Crippen LogP contribution in [-0.2, 0) is 10.0 Å². The quantitative estimate of drug-likeness (QED) is 0.472. The van der Waals surface area contributed by atoms with Crippen LogP contribution in [0.15, 0.2) is 53.4 Å². The van der Waals surface area contributed by atoms with Gasteiger partial charge in [0.15, 0.2) is 0 Å². The largest absolute Gasteiger partial charge is 1.00 e. The molecule has 2 aromatic rings. The first-order chi connectivity index (χ1) is 11.9. The number of rotatable bonds is 4. The SMILES string of the molecule is O=[N+]([O-])c1ccc(S(=O)(=O)N2CC[NH+](c3ccc(F)cc3)CC2)cc1.[Cl-]. The minimum atomic E-state index is -3.68. The molecule has 0 radical (unpaired) electrons. The van der Waals surface area contributed by atoms with E-state index in [4.69, 9.17) is 0 Å². The zero-order valence-electron chi connectivity index (χ0n) is 13.6. The van der Waals surface area contributed by atoms with Crippen LogP contribution >= 0.6 is 0 Å². The molecule has 0 atom stereocenters. The summed E-state index contributed by atoms with van der Waals surface area (Å²) in [7, 11) is -3.68. The summed E-state index contributed by atoms with van der Waals surface area (Å²) in [6.45, 7) is 1.79. The van der Waals surface area contributed by atoms with Crippen LogP contribution in [0.2, 0.25) is 0 Å². The average Bonchev–Trinajstić information content (AvgIpc) is 2.62. The number of halogens is 2. The Labute approximate surface area is 156 Å². The molecule has 0 bridgehead atoms. The van der Waals surface area contributed by atoms with Crippen LogP contribution < -0.4 is 17.3 Å². The molecule has 1 N–H and O–H groups in total. The van der Waals surface area contributed by atoms with Crippen LogP contribution in [0.1, 0.15) is 0 Å². The van der Waals surface area contributed by atoms with Crippen molar-refractivity contribution in [1.82, 2.24) is 4.31 Å². The van der Waals surface area contributed by atoms with Gasteiger partial charge in [0.1, 0.15) is 11.5 Å². The molecule has 26 heavy (non-hydrogen) atoms. The van der Waals surface area contributed by atoms with Gasteiger partial charge in [0, 0.05) is 24.3 Å². The lowest BCUT2D eigenvalue weighted by molar-refractivity contribution is -0.837. The van der Waals surface area contributed by atoms with Crippen molar-refractivity contribution in [2.45, 2.75) is 4.90 Å². The van der Waals surface area contributed by atoms with Crippen molar-refractivity contribution in [1.29, 1.82) is 0 Å². The lowest BCUT2D eigenvalue weighted by Crippen LogP contribution is -3.10. The van der Waals surface area contributed by atoms with Crippen LogP contribution in [0.3, 0.4) is 0 Å². The molecule has 1 heterocycles. The summed E-state index contributed by atoms with van der Waals surface area (Å²) in [6, 6.07) is 11.1. The second-order valence-electron chi connectivity index (χ2n) is 5.77. The van der Waals surface area contributed by atoms with Gasteiger partial charge < -0.3 is 17.3 Å². The fourth-order valence-electron chi connectivity index (χ4n) is 2.86. The number of nitro groups is 1. The Morgan fingerprint density at radius 3 is 2.04 bits per heavy atom. The number of non-ortho nitro benzene ring substituents is 1. The third kappa shape index (κ3) is 4.18. The highest BCUT2D eigenvalue weighted by Crippen LogP contribution is 2.19. The Kier molecular flexibility index (Phi) is 6.30. The van der Waals surface area contributed by atoms with Gasteiger partial charge in [-0.2, -0.15) is 4.31 Å². The van der Waals surface area contributed by atoms with Crippen LogP contribution in [-0.4, -0.2) is 43.8 Å². The summed E-state index contributed by atoms with van der Waals surface area (Å²) < 4.78 is 39.7. The van der Waals surface area contributed by atoms with Gasteiger partial charge >= 0.3 is 0 Å². The van der Waals surface area contributed by atoms with Gasteiger partial charge in [-0.3, -0.25) is 10.1 Å². The summed E-state index contributed by atoms with van der Waals surface area (Å²) in [5, 5.41) is 10.7. The van der Waals surface area contributed by atoms with E-state index in [0.29, 0.717) is 26.2 Å². The van der Waals surface area contributed by atoms with E-state index in [0.717, 1.165) is 10.6 Å². The third-order valence-electron chi connectivity index (χ3n) is 4.26. The molecule has 10 heteroatoms. The maximum absolute atomic E-state index is 13.0. The van der Waals surface area contributed by atoms with Gasteiger partial charge in [-0.25, -0.2) is 12.8 Å². The molecule has 140 valence electrons. The predicted octanol–water partition coefficient (Wildman–Crippen LogP) is -2.04. The van der Waals surface area contributed by atoms with Crippen LogP contribution in [0.5, 0.6) is 0 Å². The van der Waals surface area contributed by atoms with Crippen LogP contribution in [0.4, 0.5) is 15.8 Å². The van der Waals surface area contributed by atoms with E-state index in [1.807, 2.05) is 0 Å². The molecule has 0 amide bonds. The first-order valence-electron chi connectivity index (χ1n) is 7.73. The smallest absolute Gasteiger partial charge is 0.269 e. The van der Waals surface area contributed by atoms with Gasteiger partial charge in [-0.1, -0.05) is 0 Å². The molecule has 0 spiro atoms. The molecular formula is C16H17ClFN3O4S. The number of hydrogen-bond donors (Lipinski definition) is 1. The van der Waals surface area contributed by atoms with Gasteiger partial charge in [-0.05, 0) is 24.3 Å². The van der Waals surface area contributed by atoms with Gasteiger partial charge in [0.2, 0.25) is 10.0 Å². The van der Waals surface area contributed by atoms with E-state index < -0.39 is 14.9 Å². The monoisotopic (exact) mass is 401 g/mol. The number of benzene rings is 2. The van der Waals surface area contributed by atoms with Gasteiger partial charge in [0.05, 0.1) is 36.0 Å². The zero-order chi connectivity index (χ0) is 18.0. The normalized spacial score (nSPS) is 16.0. The lowest BCUT2D eigenvalue weighted by atomic mass is 10.2. The van der Waals surface area contributed by atoms with Gasteiger partial charge in [0.25, 0.3) is 5.69 Å². The van der Waals surface area contributed by atoms with Gasteiger partial charge in [-0.15, -0.1) is 0 Å². The Balaban J connectivity index is 0.00000243. The van der Waals surface area contributed by atoms with E-state index in [1.165, 1.54) is 40.7 Å². The molecule has 2 aromatic carbocycles. The maximum Gasteiger partial charge on any atom is 0.269 e. The molecular weight excluding hydrogens is 385 g/mol. The predicted molar refractivity (Wildman–Crippen MR) is 88.6 cm³/mol. The molecule has 1 fully saturated rings. The van der Waals surface area contributed by atoms with Crippen molar-refractivity contribution in [3.63, 3.8) is 0 Å². The van der Waals surface area contributed by atoms with E-state index in [2.05, 4.69) is 0 Å². The highest BCUT2D eigenvalue weighted by Gasteiger charge is 2.31. The van der Waals surface area contributed by atoms with E-state index in [9.17, 15) is 22.9 Å². The number of nitrogens with zero attached hydrogens (tertiary/aromatic N) is 2. The minimum absolute atomic E-state index is 0. The third-order valence-corrected chi connectivity index (χ3v) is 6.18. The lowest BCUT2D eigenvalue weighted by Gasteiger charge is -2.31. The highest BCUT2D eigenvalue weighted by atomic mass is 35.5. The van der Waals surface area contributed by atoms with E-state index >= 15 is 0 Å². The minimum Gasteiger partial charge on any atom is -1.00 e. The van der Waals surface area contributed by atoms with E-state index in [1.54, 1.807) is 12.1 Å². The number of quaternary nitrogens is 1. The zero-order valence-corrected chi connectivity index (χ0v) is 15.2. The number of sulfonamides is 1. The second-order valence-corrected chi connectivity index (χ2v) is 7.70.